The van der Waals surface area contributed by atoms with Crippen molar-refractivity contribution < 1.29 is 13.2 Å². The minimum Gasteiger partial charge on any atom is -0.323 e. The Balaban J connectivity index is 2.29. The van der Waals surface area contributed by atoms with E-state index >= 15 is 0 Å². The Bertz CT molecular complexity index is 471. The fourth-order valence-corrected chi connectivity index (χ4v) is 3.24. The smallest absolute Gasteiger partial charge is 0.323 e. The molecule has 1 aliphatic rings. The number of hydrogen-bond acceptors (Lipinski definition) is 2. The van der Waals surface area contributed by atoms with Gasteiger partial charge in [-0.05, 0) is 44.2 Å². The predicted octanol–water partition coefficient (Wildman–Crippen LogP) is 3.66. The lowest BCUT2D eigenvalue weighted by atomic mass is 9.95. The van der Waals surface area contributed by atoms with Crippen LogP contribution in [-0.4, -0.2) is 29.7 Å². The van der Waals surface area contributed by atoms with E-state index in [2.05, 4.69) is 0 Å². The first-order valence-corrected chi connectivity index (χ1v) is 7.45. The van der Waals surface area contributed by atoms with Gasteiger partial charge in [0.2, 0.25) is 0 Å². The van der Waals surface area contributed by atoms with Crippen molar-refractivity contribution in [1.82, 2.24) is 4.90 Å². The van der Waals surface area contributed by atoms with Crippen LogP contribution in [0.15, 0.2) is 24.3 Å². The Kier molecular flexibility index (Phi) is 4.94. The molecule has 21 heavy (non-hydrogen) atoms. The van der Waals surface area contributed by atoms with Crippen molar-refractivity contribution in [2.24, 2.45) is 5.73 Å². The number of rotatable bonds is 3. The van der Waals surface area contributed by atoms with Crippen molar-refractivity contribution in [3.8, 4) is 0 Å². The number of aryl methyl sites for hydroxylation is 1. The Hall–Kier alpha value is -1.07. The highest BCUT2D eigenvalue weighted by Gasteiger charge is 2.38. The van der Waals surface area contributed by atoms with Crippen LogP contribution >= 0.6 is 0 Å². The number of nitrogens with zero attached hydrogens (tertiary/aromatic N) is 1. The summed E-state index contributed by atoms with van der Waals surface area (Å²) in [5.74, 6) is 0. The summed E-state index contributed by atoms with van der Waals surface area (Å²) in [4.78, 5) is 1.51. The van der Waals surface area contributed by atoms with E-state index in [1.165, 1.54) is 10.5 Å². The van der Waals surface area contributed by atoms with Crippen LogP contribution in [0.1, 0.15) is 43.9 Å². The van der Waals surface area contributed by atoms with Crippen molar-refractivity contribution in [1.29, 1.82) is 0 Å². The molecule has 0 spiro atoms. The second-order valence-electron chi connectivity index (χ2n) is 6.07. The average Bonchev–Trinajstić information content (AvgIpc) is 2.55. The number of nitrogens with two attached hydrogens (primary N) is 1. The highest BCUT2D eigenvalue weighted by atomic mass is 19.4. The molecule has 1 aromatic carbocycles. The first-order chi connectivity index (χ1) is 9.79. The molecule has 0 heterocycles. The molecule has 2 N–H and O–H groups in total. The molecular weight excluding hydrogens is 277 g/mol. The van der Waals surface area contributed by atoms with E-state index in [0.29, 0.717) is 6.42 Å². The number of fused-ring (bicyclic) bond motifs is 1. The molecule has 0 saturated heterocycles. The van der Waals surface area contributed by atoms with Gasteiger partial charge < -0.3 is 5.73 Å². The lowest BCUT2D eigenvalue weighted by Crippen LogP contribution is -2.50. The van der Waals surface area contributed by atoms with Gasteiger partial charge >= 0.3 is 6.18 Å². The topological polar surface area (TPSA) is 29.3 Å². The Morgan fingerprint density at radius 2 is 1.95 bits per heavy atom. The van der Waals surface area contributed by atoms with Crippen LogP contribution in [0.4, 0.5) is 13.2 Å². The van der Waals surface area contributed by atoms with Crippen molar-refractivity contribution >= 4 is 0 Å². The van der Waals surface area contributed by atoms with E-state index in [0.717, 1.165) is 18.4 Å². The Morgan fingerprint density at radius 1 is 1.29 bits per heavy atom. The highest BCUT2D eigenvalue weighted by molar-refractivity contribution is 5.32. The highest BCUT2D eigenvalue weighted by Crippen LogP contribution is 2.32. The molecule has 0 amide bonds. The molecule has 0 radical (unpaired) electrons. The second kappa shape index (κ2) is 6.36. The van der Waals surface area contributed by atoms with Gasteiger partial charge in [0.15, 0.2) is 0 Å². The zero-order chi connectivity index (χ0) is 15.6. The second-order valence-corrected chi connectivity index (χ2v) is 6.07. The monoisotopic (exact) mass is 300 g/mol. The zero-order valence-corrected chi connectivity index (χ0v) is 12.5. The maximum atomic E-state index is 12.9. The van der Waals surface area contributed by atoms with Gasteiger partial charge in [-0.1, -0.05) is 24.3 Å². The third-order valence-corrected chi connectivity index (χ3v) is 4.23. The summed E-state index contributed by atoms with van der Waals surface area (Å²) in [7, 11) is 0. The molecule has 0 bridgehead atoms. The van der Waals surface area contributed by atoms with E-state index in [1.54, 1.807) is 13.8 Å². The fourth-order valence-electron chi connectivity index (χ4n) is 3.24. The minimum atomic E-state index is -4.20. The van der Waals surface area contributed by atoms with Crippen LogP contribution in [0, 0.1) is 0 Å². The Labute approximate surface area is 124 Å². The third-order valence-electron chi connectivity index (χ3n) is 4.23. The molecule has 2 unspecified atom stereocenters. The number of alkyl halides is 3. The summed E-state index contributed by atoms with van der Waals surface area (Å²) in [5.41, 5.74) is 8.50. The molecule has 0 fully saturated rings. The van der Waals surface area contributed by atoms with Crippen molar-refractivity contribution in [2.75, 3.05) is 6.54 Å². The summed E-state index contributed by atoms with van der Waals surface area (Å²) < 4.78 is 38.6. The molecule has 118 valence electrons. The van der Waals surface area contributed by atoms with Crippen LogP contribution in [0.2, 0.25) is 0 Å². The molecule has 5 heteroatoms. The maximum Gasteiger partial charge on any atom is 0.401 e. The molecule has 2 rings (SSSR count). The maximum absolute atomic E-state index is 12.9. The molecule has 0 aliphatic heterocycles. The molecule has 2 atom stereocenters. The Morgan fingerprint density at radius 3 is 2.57 bits per heavy atom. The van der Waals surface area contributed by atoms with E-state index in [9.17, 15) is 13.2 Å². The van der Waals surface area contributed by atoms with E-state index < -0.39 is 12.7 Å². The van der Waals surface area contributed by atoms with Gasteiger partial charge in [-0.25, -0.2) is 0 Å². The van der Waals surface area contributed by atoms with Crippen molar-refractivity contribution in [3.05, 3.63) is 35.4 Å². The quantitative estimate of drug-likeness (QED) is 0.863. The van der Waals surface area contributed by atoms with Crippen LogP contribution in [0.25, 0.3) is 0 Å². The summed E-state index contributed by atoms with van der Waals surface area (Å²) in [6.07, 6.45) is -1.74. The van der Waals surface area contributed by atoms with Gasteiger partial charge in [0.1, 0.15) is 0 Å². The van der Waals surface area contributed by atoms with E-state index in [-0.39, 0.29) is 18.1 Å². The number of halogens is 3. The average molecular weight is 300 g/mol. The van der Waals surface area contributed by atoms with Gasteiger partial charge in [0, 0.05) is 18.1 Å². The fraction of sp³-hybridized carbons (Fsp3) is 0.625. The van der Waals surface area contributed by atoms with Crippen LogP contribution in [0.3, 0.4) is 0 Å². The third kappa shape index (κ3) is 3.98. The van der Waals surface area contributed by atoms with Gasteiger partial charge in [-0.3, -0.25) is 4.90 Å². The lowest BCUT2D eigenvalue weighted by Gasteiger charge is -2.38. The standard InChI is InChI=1S/C16H23F3N2/c1-11(2)21(10-16(17,18)19)14-9-5-7-12-6-3-4-8-13(12)15(14)20/h3-4,6,8,11,14-15H,5,7,9-10,20H2,1-2H3. The van der Waals surface area contributed by atoms with Crippen LogP contribution in [0.5, 0.6) is 0 Å². The molecule has 1 aromatic rings. The van der Waals surface area contributed by atoms with Crippen LogP contribution < -0.4 is 5.73 Å². The SMILES string of the molecule is CC(C)N(CC(F)(F)F)C1CCCc2ccccc2C1N. The molecule has 2 nitrogen and oxygen atoms in total. The van der Waals surface area contributed by atoms with E-state index in [1.807, 2.05) is 24.3 Å². The molecule has 0 saturated carbocycles. The largest absolute Gasteiger partial charge is 0.401 e. The number of hydrogen-bond donors (Lipinski definition) is 1. The first-order valence-electron chi connectivity index (χ1n) is 7.45. The van der Waals surface area contributed by atoms with Gasteiger partial charge in [-0.15, -0.1) is 0 Å². The summed E-state index contributed by atoms with van der Waals surface area (Å²) in [5, 5.41) is 0. The van der Waals surface area contributed by atoms with Gasteiger partial charge in [-0.2, -0.15) is 13.2 Å². The first kappa shape index (κ1) is 16.3. The van der Waals surface area contributed by atoms with E-state index in [4.69, 9.17) is 5.73 Å². The van der Waals surface area contributed by atoms with Gasteiger partial charge in [0.05, 0.1) is 6.54 Å². The van der Waals surface area contributed by atoms with Crippen molar-refractivity contribution in [2.45, 2.75) is 57.4 Å². The number of benzene rings is 1. The zero-order valence-electron chi connectivity index (χ0n) is 12.5. The molecule has 1 aliphatic carbocycles. The van der Waals surface area contributed by atoms with Gasteiger partial charge in [0.25, 0.3) is 0 Å². The normalized spacial score (nSPS) is 23.2. The lowest BCUT2D eigenvalue weighted by molar-refractivity contribution is -0.156. The van der Waals surface area contributed by atoms with Crippen LogP contribution in [-0.2, 0) is 6.42 Å². The summed E-state index contributed by atoms with van der Waals surface area (Å²) >= 11 is 0. The summed E-state index contributed by atoms with van der Waals surface area (Å²) in [6, 6.07) is 7.02. The minimum absolute atomic E-state index is 0.187. The molecular formula is C16H23F3N2. The predicted molar refractivity (Wildman–Crippen MR) is 78.0 cm³/mol. The summed E-state index contributed by atoms with van der Waals surface area (Å²) in [6.45, 7) is 2.70. The van der Waals surface area contributed by atoms with Crippen molar-refractivity contribution in [3.63, 3.8) is 0 Å². The molecule has 0 aromatic heterocycles.